The SMILES string of the molecule is Cc1nsc(NC(=O)N2C(C(=O)O)CC3CCCCC32)n1. The number of fused-ring (bicyclic) bond motifs is 1. The van der Waals surface area contributed by atoms with E-state index in [1.54, 1.807) is 6.92 Å². The normalized spacial score (nSPS) is 28.2. The van der Waals surface area contributed by atoms with Gasteiger partial charge in [-0.15, -0.1) is 0 Å². The van der Waals surface area contributed by atoms with Crippen LogP contribution < -0.4 is 5.32 Å². The predicted molar refractivity (Wildman–Crippen MR) is 77.3 cm³/mol. The second-order valence-electron chi connectivity index (χ2n) is 5.69. The monoisotopic (exact) mass is 310 g/mol. The lowest BCUT2D eigenvalue weighted by atomic mass is 9.85. The van der Waals surface area contributed by atoms with Crippen LogP contribution >= 0.6 is 11.5 Å². The van der Waals surface area contributed by atoms with Crippen LogP contribution in [0.3, 0.4) is 0 Å². The number of carboxylic acid groups (broad SMARTS) is 1. The number of carbonyl (C=O) groups is 2. The molecule has 0 bridgehead atoms. The molecule has 3 unspecified atom stereocenters. The molecule has 1 saturated heterocycles. The van der Waals surface area contributed by atoms with Crippen LogP contribution in [0.2, 0.25) is 0 Å². The summed E-state index contributed by atoms with van der Waals surface area (Å²) >= 11 is 1.11. The van der Waals surface area contributed by atoms with Gasteiger partial charge in [0.15, 0.2) is 0 Å². The number of carbonyl (C=O) groups excluding carboxylic acids is 1. The average molecular weight is 310 g/mol. The van der Waals surface area contributed by atoms with Crippen LogP contribution in [-0.4, -0.2) is 43.4 Å². The number of aromatic nitrogens is 2. The van der Waals surface area contributed by atoms with Crippen molar-refractivity contribution in [2.45, 2.75) is 51.1 Å². The molecule has 1 aliphatic heterocycles. The fraction of sp³-hybridized carbons (Fsp3) is 0.692. The maximum Gasteiger partial charge on any atom is 0.326 e. The Kier molecular flexibility index (Phi) is 3.79. The van der Waals surface area contributed by atoms with Crippen molar-refractivity contribution in [2.24, 2.45) is 5.92 Å². The Morgan fingerprint density at radius 3 is 2.81 bits per heavy atom. The van der Waals surface area contributed by atoms with Crippen LogP contribution in [0, 0.1) is 12.8 Å². The first kappa shape index (κ1) is 14.2. The zero-order valence-corrected chi connectivity index (χ0v) is 12.6. The lowest BCUT2D eigenvalue weighted by Crippen LogP contribution is -2.48. The Morgan fingerprint density at radius 1 is 1.38 bits per heavy atom. The van der Waals surface area contributed by atoms with Gasteiger partial charge >= 0.3 is 12.0 Å². The van der Waals surface area contributed by atoms with E-state index in [4.69, 9.17) is 0 Å². The molecule has 0 spiro atoms. The number of carboxylic acids is 1. The van der Waals surface area contributed by atoms with Gasteiger partial charge < -0.3 is 10.0 Å². The van der Waals surface area contributed by atoms with Crippen LogP contribution in [0.5, 0.6) is 0 Å². The van der Waals surface area contributed by atoms with Crippen molar-refractivity contribution in [2.75, 3.05) is 5.32 Å². The molecule has 2 aliphatic rings. The topological polar surface area (TPSA) is 95.4 Å². The number of nitrogens with one attached hydrogen (secondary N) is 1. The summed E-state index contributed by atoms with van der Waals surface area (Å²) in [5, 5.41) is 12.5. The highest BCUT2D eigenvalue weighted by molar-refractivity contribution is 7.09. The van der Waals surface area contributed by atoms with Crippen LogP contribution in [-0.2, 0) is 4.79 Å². The summed E-state index contributed by atoms with van der Waals surface area (Å²) in [5.41, 5.74) is 0. The van der Waals surface area contributed by atoms with Gasteiger partial charge in [-0.2, -0.15) is 4.37 Å². The van der Waals surface area contributed by atoms with E-state index in [1.807, 2.05) is 0 Å². The number of nitrogens with zero attached hydrogens (tertiary/aromatic N) is 3. The second kappa shape index (κ2) is 5.59. The molecule has 2 amide bonds. The van der Waals surface area contributed by atoms with Crippen LogP contribution in [0.25, 0.3) is 0 Å². The molecule has 114 valence electrons. The van der Waals surface area contributed by atoms with E-state index in [1.165, 1.54) is 4.90 Å². The molecule has 0 aromatic carbocycles. The van der Waals surface area contributed by atoms with Crippen LogP contribution in [0.4, 0.5) is 9.93 Å². The highest BCUT2D eigenvalue weighted by Crippen LogP contribution is 2.40. The van der Waals surface area contributed by atoms with Gasteiger partial charge in [-0.25, -0.2) is 14.6 Å². The minimum absolute atomic E-state index is 0.0360. The number of rotatable bonds is 2. The fourth-order valence-electron chi connectivity index (χ4n) is 3.48. The minimum Gasteiger partial charge on any atom is -0.480 e. The third-order valence-corrected chi connectivity index (χ3v) is 5.07. The standard InChI is InChI=1S/C13H18N4O3S/c1-7-14-12(21-16-7)15-13(20)17-9-5-3-2-4-8(9)6-10(17)11(18)19/h8-10H,2-6H2,1H3,(H,18,19)(H,14,15,16,20). The molecule has 2 heterocycles. The Morgan fingerprint density at radius 2 is 2.14 bits per heavy atom. The van der Waals surface area contributed by atoms with Gasteiger partial charge in [0.05, 0.1) is 0 Å². The first-order valence-corrected chi connectivity index (χ1v) is 7.96. The zero-order chi connectivity index (χ0) is 15.0. The molecular weight excluding hydrogens is 292 g/mol. The molecule has 1 aromatic heterocycles. The first-order chi connectivity index (χ1) is 10.1. The van der Waals surface area contributed by atoms with Crippen LogP contribution in [0.15, 0.2) is 0 Å². The largest absolute Gasteiger partial charge is 0.480 e. The van der Waals surface area contributed by atoms with Crippen molar-refractivity contribution in [3.63, 3.8) is 0 Å². The summed E-state index contributed by atoms with van der Waals surface area (Å²) in [6.45, 7) is 1.75. The van der Waals surface area contributed by atoms with Crippen LogP contribution in [0.1, 0.15) is 37.9 Å². The summed E-state index contributed by atoms with van der Waals surface area (Å²) in [6, 6.07) is -1.06. The van der Waals surface area contributed by atoms with Gasteiger partial charge in [-0.05, 0) is 32.1 Å². The fourth-order valence-corrected chi connectivity index (χ4v) is 4.04. The van der Waals surface area contributed by atoms with Crippen molar-refractivity contribution in [3.8, 4) is 0 Å². The zero-order valence-electron chi connectivity index (χ0n) is 11.8. The molecule has 21 heavy (non-hydrogen) atoms. The molecule has 0 radical (unpaired) electrons. The quantitative estimate of drug-likeness (QED) is 0.872. The molecule has 3 rings (SSSR count). The van der Waals surface area contributed by atoms with Gasteiger partial charge in [0.25, 0.3) is 0 Å². The van der Waals surface area contributed by atoms with E-state index in [-0.39, 0.29) is 12.1 Å². The van der Waals surface area contributed by atoms with Crippen molar-refractivity contribution in [3.05, 3.63) is 5.82 Å². The summed E-state index contributed by atoms with van der Waals surface area (Å²) < 4.78 is 4.01. The molecule has 2 fully saturated rings. The second-order valence-corrected chi connectivity index (χ2v) is 6.44. The molecule has 1 aliphatic carbocycles. The number of anilines is 1. The first-order valence-electron chi connectivity index (χ1n) is 7.18. The van der Waals surface area contributed by atoms with Gasteiger partial charge in [0, 0.05) is 17.6 Å². The summed E-state index contributed by atoms with van der Waals surface area (Å²) in [5.74, 6) is -0.0169. The van der Waals surface area contributed by atoms with Crippen molar-refractivity contribution < 1.29 is 14.7 Å². The highest BCUT2D eigenvalue weighted by Gasteiger charge is 2.47. The van der Waals surface area contributed by atoms with E-state index < -0.39 is 12.0 Å². The van der Waals surface area contributed by atoms with E-state index >= 15 is 0 Å². The maximum absolute atomic E-state index is 12.5. The molecular formula is C13H18N4O3S. The van der Waals surface area contributed by atoms with Crippen molar-refractivity contribution in [1.82, 2.24) is 14.3 Å². The number of urea groups is 1. The lowest BCUT2D eigenvalue weighted by molar-refractivity contribution is -0.141. The average Bonchev–Trinajstić information content (AvgIpc) is 3.02. The lowest BCUT2D eigenvalue weighted by Gasteiger charge is -2.32. The Bertz CT molecular complexity index is 561. The van der Waals surface area contributed by atoms with Gasteiger partial charge in [0.1, 0.15) is 11.9 Å². The number of hydrogen-bond donors (Lipinski definition) is 2. The maximum atomic E-state index is 12.5. The van der Waals surface area contributed by atoms with E-state index in [2.05, 4.69) is 14.7 Å². The Labute approximate surface area is 126 Å². The molecule has 3 atom stereocenters. The number of aryl methyl sites for hydroxylation is 1. The summed E-state index contributed by atoms with van der Waals surface area (Å²) in [6.07, 6.45) is 4.63. The van der Waals surface area contributed by atoms with Gasteiger partial charge in [-0.1, -0.05) is 12.8 Å². The molecule has 7 nitrogen and oxygen atoms in total. The van der Waals surface area contributed by atoms with Gasteiger partial charge in [-0.3, -0.25) is 5.32 Å². The minimum atomic E-state index is -0.923. The molecule has 1 saturated carbocycles. The molecule has 2 N–H and O–H groups in total. The summed E-state index contributed by atoms with van der Waals surface area (Å²) in [4.78, 5) is 29.6. The third-order valence-electron chi connectivity index (χ3n) is 4.35. The smallest absolute Gasteiger partial charge is 0.326 e. The predicted octanol–water partition coefficient (Wildman–Crippen LogP) is 2.10. The number of amides is 2. The summed E-state index contributed by atoms with van der Waals surface area (Å²) in [7, 11) is 0. The molecule has 1 aromatic rings. The number of likely N-dealkylation sites (tertiary alicyclic amines) is 1. The van der Waals surface area contributed by atoms with Gasteiger partial charge in [0.2, 0.25) is 5.13 Å². The van der Waals surface area contributed by atoms with E-state index in [0.29, 0.717) is 23.3 Å². The highest BCUT2D eigenvalue weighted by atomic mass is 32.1. The van der Waals surface area contributed by atoms with E-state index in [0.717, 1.165) is 37.2 Å². The third kappa shape index (κ3) is 2.72. The molecule has 8 heteroatoms. The van der Waals surface area contributed by atoms with E-state index in [9.17, 15) is 14.7 Å². The number of aliphatic carboxylic acids is 1. The Balaban J connectivity index is 1.79. The number of hydrogen-bond acceptors (Lipinski definition) is 5. The van der Waals surface area contributed by atoms with Crippen molar-refractivity contribution >= 4 is 28.7 Å². The Hall–Kier alpha value is -1.70. The van der Waals surface area contributed by atoms with Crippen molar-refractivity contribution in [1.29, 1.82) is 0 Å².